The first-order chi connectivity index (χ1) is 18.6. The largest absolute Gasteiger partial charge is 0.378 e. The van der Waals surface area contributed by atoms with E-state index in [9.17, 15) is 4.79 Å². The maximum Gasteiger partial charge on any atom is 0.274 e. The van der Waals surface area contributed by atoms with Crippen molar-refractivity contribution in [2.45, 2.75) is 32.5 Å². The van der Waals surface area contributed by atoms with Crippen LogP contribution in [0.4, 0.5) is 5.69 Å². The summed E-state index contributed by atoms with van der Waals surface area (Å²) in [7, 11) is 0. The van der Waals surface area contributed by atoms with E-state index >= 15 is 0 Å². The number of benzene rings is 1. The van der Waals surface area contributed by atoms with E-state index in [-0.39, 0.29) is 12.1 Å². The van der Waals surface area contributed by atoms with E-state index in [1.54, 1.807) is 12.5 Å². The van der Waals surface area contributed by atoms with Crippen molar-refractivity contribution >= 4 is 23.6 Å². The van der Waals surface area contributed by atoms with Crippen molar-refractivity contribution in [3.05, 3.63) is 76.9 Å². The minimum Gasteiger partial charge on any atom is -0.378 e. The van der Waals surface area contributed by atoms with Gasteiger partial charge in [0.15, 0.2) is 0 Å². The van der Waals surface area contributed by atoms with Crippen LogP contribution in [0.15, 0.2) is 65.1 Å². The Labute approximate surface area is 223 Å². The van der Waals surface area contributed by atoms with Gasteiger partial charge >= 0.3 is 0 Å². The number of anilines is 1. The maximum atomic E-state index is 13.0. The zero-order chi connectivity index (χ0) is 25.9. The molecule has 0 aliphatic carbocycles. The fourth-order valence-corrected chi connectivity index (χ4v) is 5.61. The van der Waals surface area contributed by atoms with Gasteiger partial charge in [-0.05, 0) is 66.8 Å². The predicted molar refractivity (Wildman–Crippen MR) is 148 cm³/mol. The van der Waals surface area contributed by atoms with Crippen LogP contribution in [0, 0.1) is 5.92 Å². The summed E-state index contributed by atoms with van der Waals surface area (Å²) < 4.78 is 5.51. The lowest BCUT2D eigenvalue weighted by atomic mass is 10.00. The van der Waals surface area contributed by atoms with Gasteiger partial charge in [0.1, 0.15) is 17.7 Å². The van der Waals surface area contributed by atoms with E-state index < -0.39 is 0 Å². The zero-order valence-electron chi connectivity index (χ0n) is 21.8. The number of ether oxygens (including phenoxy) is 1. The third-order valence-electron chi connectivity index (χ3n) is 7.57. The summed E-state index contributed by atoms with van der Waals surface area (Å²) >= 11 is 0. The van der Waals surface area contributed by atoms with Crippen molar-refractivity contribution in [2.24, 2.45) is 10.9 Å². The Balaban J connectivity index is 1.11. The summed E-state index contributed by atoms with van der Waals surface area (Å²) in [6, 6.07) is 11.8. The van der Waals surface area contributed by atoms with Gasteiger partial charge < -0.3 is 25.6 Å². The number of aromatic nitrogens is 1. The van der Waals surface area contributed by atoms with Crippen LogP contribution in [0.2, 0.25) is 0 Å². The normalized spacial score (nSPS) is 23.4. The molecule has 2 atom stereocenters. The molecule has 4 aliphatic heterocycles. The first kappa shape index (κ1) is 24.6. The highest BCUT2D eigenvalue weighted by atomic mass is 16.5. The number of aliphatic imine (C=N–C) groups is 1. The smallest absolute Gasteiger partial charge is 0.274 e. The molecule has 2 fully saturated rings. The fraction of sp³-hybridized carbons (Fsp3) is 0.414. The van der Waals surface area contributed by atoms with Crippen molar-refractivity contribution < 1.29 is 9.53 Å². The van der Waals surface area contributed by atoms with Gasteiger partial charge in [0.05, 0.1) is 19.6 Å². The standard InChI is InChI=1S/C29H35N7O2/c1-20-3-2-10-35(17-20)18-21-8-9-30-26(15-21)29(37)33-23-6-4-22(5-7-23)25-16-24-27(34-25)31-19-32-28(24)36-11-13-38-14-12-36/h4-9,15-16,19-20,27,34H,2-3,10-14,17-18H2,1H3,(H,31,32)(H,33,37). The molecule has 2 aromatic rings. The molecular weight excluding hydrogens is 478 g/mol. The Morgan fingerprint density at radius 2 is 2.00 bits per heavy atom. The molecule has 38 heavy (non-hydrogen) atoms. The zero-order valence-corrected chi connectivity index (χ0v) is 21.8. The minimum absolute atomic E-state index is 0.102. The Morgan fingerprint density at radius 1 is 1.16 bits per heavy atom. The number of carbonyl (C=O) groups excluding carboxylic acids is 1. The van der Waals surface area contributed by atoms with Crippen molar-refractivity contribution in [3.63, 3.8) is 0 Å². The third kappa shape index (κ3) is 5.44. The van der Waals surface area contributed by atoms with Crippen LogP contribution in [0.1, 0.15) is 41.4 Å². The molecule has 0 saturated carbocycles. The summed E-state index contributed by atoms with van der Waals surface area (Å²) in [6.07, 6.45) is 8.08. The van der Waals surface area contributed by atoms with Gasteiger partial charge in [-0.3, -0.25) is 14.7 Å². The molecule has 198 valence electrons. The van der Waals surface area contributed by atoms with Crippen LogP contribution in [-0.4, -0.2) is 72.6 Å². The minimum atomic E-state index is -0.198. The monoisotopic (exact) mass is 513 g/mol. The van der Waals surface area contributed by atoms with Gasteiger partial charge in [-0.2, -0.15) is 0 Å². The topological polar surface area (TPSA) is 94.1 Å². The van der Waals surface area contributed by atoms with E-state index in [0.717, 1.165) is 85.8 Å². The third-order valence-corrected chi connectivity index (χ3v) is 7.57. The summed E-state index contributed by atoms with van der Waals surface area (Å²) in [6.45, 7) is 8.56. The summed E-state index contributed by atoms with van der Waals surface area (Å²) in [5, 5.41) is 9.84. The van der Waals surface area contributed by atoms with Crippen molar-refractivity contribution in [1.82, 2.24) is 25.4 Å². The Bertz CT molecular complexity index is 1260. The number of carbonyl (C=O) groups is 1. The molecule has 5 heterocycles. The lowest BCUT2D eigenvalue weighted by Crippen LogP contribution is -2.43. The average molecular weight is 514 g/mol. The maximum absolute atomic E-state index is 13.0. The first-order valence-corrected chi connectivity index (χ1v) is 13.5. The average Bonchev–Trinajstić information content (AvgIpc) is 3.39. The molecule has 1 aromatic heterocycles. The Hall–Kier alpha value is -3.69. The number of rotatable bonds is 6. The SMILES string of the molecule is CC1CCCN(Cc2ccnc(C(=O)Nc3ccc(C4=CC5=C(N6CCOCC6)NC=NC5N4)cc3)c2)C1. The number of piperidine rings is 1. The van der Waals surface area contributed by atoms with Gasteiger partial charge in [-0.1, -0.05) is 19.1 Å². The molecule has 2 saturated heterocycles. The van der Waals surface area contributed by atoms with Crippen molar-refractivity contribution in [2.75, 3.05) is 44.7 Å². The highest BCUT2D eigenvalue weighted by molar-refractivity contribution is 6.03. The van der Waals surface area contributed by atoms with E-state index in [1.807, 2.05) is 36.4 Å². The molecule has 1 aromatic carbocycles. The predicted octanol–water partition coefficient (Wildman–Crippen LogP) is 3.01. The number of hydrogen-bond acceptors (Lipinski definition) is 8. The lowest BCUT2D eigenvalue weighted by Gasteiger charge is -2.33. The van der Waals surface area contributed by atoms with E-state index in [1.165, 1.54) is 12.8 Å². The molecule has 2 unspecified atom stereocenters. The molecule has 3 N–H and O–H groups in total. The number of likely N-dealkylation sites (tertiary alicyclic amines) is 1. The number of morpholine rings is 1. The molecule has 0 spiro atoms. The molecule has 9 heteroatoms. The van der Waals surface area contributed by atoms with Gasteiger partial charge in [-0.15, -0.1) is 0 Å². The van der Waals surface area contributed by atoms with Gasteiger partial charge in [0.25, 0.3) is 5.91 Å². The van der Waals surface area contributed by atoms with Crippen LogP contribution in [0.25, 0.3) is 5.70 Å². The summed E-state index contributed by atoms with van der Waals surface area (Å²) in [5.74, 6) is 1.62. The number of fused-ring (bicyclic) bond motifs is 1. The fourth-order valence-electron chi connectivity index (χ4n) is 5.61. The highest BCUT2D eigenvalue weighted by Gasteiger charge is 2.29. The van der Waals surface area contributed by atoms with Crippen LogP contribution in [0.5, 0.6) is 0 Å². The van der Waals surface area contributed by atoms with Gasteiger partial charge in [-0.25, -0.2) is 4.99 Å². The Morgan fingerprint density at radius 3 is 2.82 bits per heavy atom. The van der Waals surface area contributed by atoms with Gasteiger partial charge in [0, 0.05) is 49.3 Å². The first-order valence-electron chi connectivity index (χ1n) is 13.5. The molecular formula is C29H35N7O2. The molecule has 1 amide bonds. The number of amides is 1. The van der Waals surface area contributed by atoms with Crippen molar-refractivity contribution in [3.8, 4) is 0 Å². The number of pyridine rings is 1. The van der Waals surface area contributed by atoms with E-state index in [0.29, 0.717) is 5.69 Å². The number of nitrogens with one attached hydrogen (secondary N) is 3. The van der Waals surface area contributed by atoms with Crippen LogP contribution in [0.3, 0.4) is 0 Å². The van der Waals surface area contributed by atoms with E-state index in [4.69, 9.17) is 4.74 Å². The summed E-state index contributed by atoms with van der Waals surface area (Å²) in [4.78, 5) is 26.6. The molecule has 6 rings (SSSR count). The quantitative estimate of drug-likeness (QED) is 0.547. The Kier molecular flexibility index (Phi) is 7.11. The summed E-state index contributed by atoms with van der Waals surface area (Å²) in [5.41, 5.74) is 5.48. The second kappa shape index (κ2) is 11.0. The highest BCUT2D eigenvalue weighted by Crippen LogP contribution is 2.29. The second-order valence-corrected chi connectivity index (χ2v) is 10.5. The second-order valence-electron chi connectivity index (χ2n) is 10.5. The van der Waals surface area contributed by atoms with Crippen LogP contribution < -0.4 is 16.0 Å². The lowest BCUT2D eigenvalue weighted by molar-refractivity contribution is 0.0510. The molecule has 0 bridgehead atoms. The number of hydrogen-bond donors (Lipinski definition) is 3. The van der Waals surface area contributed by atoms with E-state index in [2.05, 4.69) is 48.7 Å². The van der Waals surface area contributed by atoms with Crippen LogP contribution >= 0.6 is 0 Å². The number of nitrogens with zero attached hydrogens (tertiary/aromatic N) is 4. The molecule has 0 radical (unpaired) electrons. The molecule has 4 aliphatic rings. The van der Waals surface area contributed by atoms with Crippen molar-refractivity contribution in [1.29, 1.82) is 0 Å². The van der Waals surface area contributed by atoms with Crippen LogP contribution in [-0.2, 0) is 11.3 Å². The molecule has 9 nitrogen and oxygen atoms in total. The van der Waals surface area contributed by atoms with Gasteiger partial charge in [0.2, 0.25) is 0 Å².